The Morgan fingerprint density at radius 3 is 2.39 bits per heavy atom. The lowest BCUT2D eigenvalue weighted by atomic mass is 9.44. The topological polar surface area (TPSA) is 40.5 Å². The van der Waals surface area contributed by atoms with Gasteiger partial charge >= 0.3 is 0 Å². The first-order valence-electron chi connectivity index (χ1n) is 14.7. The molecule has 0 aromatic rings. The predicted octanol–water partition coefficient (Wildman–Crippen LogP) is 6.68. The number of aliphatic hydroxyl groups excluding tert-OH is 1. The molecule has 1 saturated heterocycles. The number of fused-ring (bicyclic) bond motifs is 5. The van der Waals surface area contributed by atoms with E-state index in [1.54, 1.807) is 0 Å². The number of likely N-dealkylation sites (tertiary alicyclic amines) is 1. The molecule has 1 heterocycles. The average Bonchev–Trinajstić information content (AvgIpc) is 3.15. The van der Waals surface area contributed by atoms with Crippen molar-refractivity contribution in [2.24, 2.45) is 52.3 Å². The monoisotopic (exact) mass is 457 g/mol. The van der Waals surface area contributed by atoms with Gasteiger partial charge in [-0.2, -0.15) is 0 Å². The minimum Gasteiger partial charge on any atom is -0.393 e. The van der Waals surface area contributed by atoms with Gasteiger partial charge in [0, 0.05) is 19.5 Å². The molecule has 4 saturated carbocycles. The average molecular weight is 458 g/mol. The third kappa shape index (κ3) is 4.21. The summed E-state index contributed by atoms with van der Waals surface area (Å²) in [6.07, 6.45) is 15.9. The van der Waals surface area contributed by atoms with Gasteiger partial charge < -0.3 is 10.0 Å². The van der Waals surface area contributed by atoms with Gasteiger partial charge in [0.1, 0.15) is 0 Å². The first-order valence-corrected chi connectivity index (χ1v) is 14.7. The lowest BCUT2D eigenvalue weighted by Gasteiger charge is -2.61. The van der Waals surface area contributed by atoms with Crippen molar-refractivity contribution in [1.29, 1.82) is 0 Å². The summed E-state index contributed by atoms with van der Waals surface area (Å²) in [4.78, 5) is 15.0. The lowest BCUT2D eigenvalue weighted by Crippen LogP contribution is -2.54. The highest BCUT2D eigenvalue weighted by molar-refractivity contribution is 5.76. The number of carbonyl (C=O) groups excluding carboxylic acids is 1. The fourth-order valence-electron chi connectivity index (χ4n) is 10.2. The highest BCUT2D eigenvalue weighted by Crippen LogP contribution is 2.68. The molecule has 0 spiro atoms. The van der Waals surface area contributed by atoms with Gasteiger partial charge in [0.05, 0.1) is 6.10 Å². The molecule has 5 rings (SSSR count). The Bertz CT molecular complexity index is 714. The number of piperidine rings is 1. The van der Waals surface area contributed by atoms with Crippen molar-refractivity contribution < 1.29 is 9.90 Å². The molecule has 9 atom stereocenters. The molecule has 5 aliphatic rings. The number of hydrogen-bond donors (Lipinski definition) is 1. The Balaban J connectivity index is 1.21. The van der Waals surface area contributed by atoms with Crippen LogP contribution in [0.25, 0.3) is 0 Å². The van der Waals surface area contributed by atoms with Crippen molar-refractivity contribution in [1.82, 2.24) is 4.90 Å². The maximum Gasteiger partial charge on any atom is 0.222 e. The second-order valence-electron chi connectivity index (χ2n) is 13.9. The third-order valence-corrected chi connectivity index (χ3v) is 12.3. The Hall–Kier alpha value is -0.570. The molecule has 33 heavy (non-hydrogen) atoms. The van der Waals surface area contributed by atoms with Crippen molar-refractivity contribution in [3.8, 4) is 0 Å². The summed E-state index contributed by atoms with van der Waals surface area (Å²) in [7, 11) is 0. The maximum absolute atomic E-state index is 12.9. The van der Waals surface area contributed by atoms with Crippen LogP contribution in [-0.4, -0.2) is 35.1 Å². The highest BCUT2D eigenvalue weighted by atomic mass is 16.3. The van der Waals surface area contributed by atoms with E-state index in [9.17, 15) is 9.90 Å². The quantitative estimate of drug-likeness (QED) is 0.511. The largest absolute Gasteiger partial charge is 0.393 e. The smallest absolute Gasteiger partial charge is 0.222 e. The van der Waals surface area contributed by atoms with Gasteiger partial charge in [0.2, 0.25) is 5.91 Å². The van der Waals surface area contributed by atoms with E-state index in [0.29, 0.717) is 22.7 Å². The van der Waals surface area contributed by atoms with Crippen LogP contribution in [0.5, 0.6) is 0 Å². The van der Waals surface area contributed by atoms with Gasteiger partial charge in [-0.15, -0.1) is 0 Å². The molecule has 1 amide bonds. The van der Waals surface area contributed by atoms with E-state index in [1.807, 2.05) is 0 Å². The summed E-state index contributed by atoms with van der Waals surface area (Å²) < 4.78 is 0. The van der Waals surface area contributed by atoms with Crippen LogP contribution in [0, 0.1) is 52.3 Å². The molecule has 0 radical (unpaired) electrons. The van der Waals surface area contributed by atoms with Gasteiger partial charge in [0.15, 0.2) is 0 Å². The van der Waals surface area contributed by atoms with Crippen LogP contribution in [0.15, 0.2) is 0 Å². The zero-order chi connectivity index (χ0) is 23.4. The molecule has 1 aliphatic heterocycles. The molecule has 0 bridgehead atoms. The fourth-order valence-corrected chi connectivity index (χ4v) is 10.2. The first kappa shape index (κ1) is 24.1. The minimum atomic E-state index is -0.0405. The van der Waals surface area contributed by atoms with E-state index >= 15 is 0 Å². The van der Waals surface area contributed by atoms with Gasteiger partial charge in [-0.05, 0) is 129 Å². The molecular weight excluding hydrogens is 406 g/mol. The number of aliphatic hydroxyl groups is 1. The second-order valence-corrected chi connectivity index (χ2v) is 13.9. The van der Waals surface area contributed by atoms with Crippen molar-refractivity contribution >= 4 is 5.91 Å². The van der Waals surface area contributed by atoms with Gasteiger partial charge in [-0.3, -0.25) is 4.79 Å². The molecule has 1 unspecified atom stereocenters. The SMILES string of the molecule is CC1CCN(C(=O)CCC(C)[C@H]2CC[C@H]3[C@@H]4CC[C@H]5C[C@@H](O)CC[C@]5(C)[C@H]4CC[C@]23C)CC1. The van der Waals surface area contributed by atoms with Crippen LogP contribution in [0.3, 0.4) is 0 Å². The Labute approximate surface area is 203 Å². The maximum atomic E-state index is 12.9. The number of carbonyl (C=O) groups is 1. The molecule has 4 aliphatic carbocycles. The summed E-state index contributed by atoms with van der Waals surface area (Å²) in [5, 5.41) is 10.3. The second kappa shape index (κ2) is 9.14. The normalized spacial score (nSPS) is 46.9. The van der Waals surface area contributed by atoms with Crippen LogP contribution in [-0.2, 0) is 4.79 Å². The van der Waals surface area contributed by atoms with E-state index in [1.165, 1.54) is 57.8 Å². The zero-order valence-electron chi connectivity index (χ0n) is 22.0. The summed E-state index contributed by atoms with van der Waals surface area (Å²) >= 11 is 0. The lowest BCUT2D eigenvalue weighted by molar-refractivity contribution is -0.134. The van der Waals surface area contributed by atoms with Gasteiger partial charge in [-0.1, -0.05) is 27.7 Å². The number of nitrogens with zero attached hydrogens (tertiary/aromatic N) is 1. The highest BCUT2D eigenvalue weighted by Gasteiger charge is 2.60. The Morgan fingerprint density at radius 2 is 1.64 bits per heavy atom. The summed E-state index contributed by atoms with van der Waals surface area (Å²) in [6, 6.07) is 0. The Morgan fingerprint density at radius 1 is 0.939 bits per heavy atom. The third-order valence-electron chi connectivity index (χ3n) is 12.3. The van der Waals surface area contributed by atoms with Crippen molar-refractivity contribution in [3.05, 3.63) is 0 Å². The number of amides is 1. The van der Waals surface area contributed by atoms with E-state index in [4.69, 9.17) is 0 Å². The van der Waals surface area contributed by atoms with E-state index in [2.05, 4.69) is 32.6 Å². The first-order chi connectivity index (χ1) is 15.7. The zero-order valence-corrected chi connectivity index (χ0v) is 22.0. The Kier molecular flexibility index (Phi) is 6.69. The van der Waals surface area contributed by atoms with Crippen LogP contribution in [0.4, 0.5) is 0 Å². The summed E-state index contributed by atoms with van der Waals surface area (Å²) in [5.41, 5.74) is 0.965. The summed E-state index contributed by atoms with van der Waals surface area (Å²) in [6.45, 7) is 12.0. The molecular formula is C30H51NO2. The van der Waals surface area contributed by atoms with Crippen molar-refractivity contribution in [2.75, 3.05) is 13.1 Å². The molecule has 0 aromatic carbocycles. The van der Waals surface area contributed by atoms with Crippen molar-refractivity contribution in [3.63, 3.8) is 0 Å². The molecule has 1 N–H and O–H groups in total. The van der Waals surface area contributed by atoms with E-state index in [0.717, 1.165) is 74.3 Å². The number of hydrogen-bond acceptors (Lipinski definition) is 2. The predicted molar refractivity (Wildman–Crippen MR) is 135 cm³/mol. The van der Waals surface area contributed by atoms with E-state index in [-0.39, 0.29) is 6.10 Å². The molecule has 3 heteroatoms. The van der Waals surface area contributed by atoms with Crippen LogP contribution >= 0.6 is 0 Å². The molecule has 5 fully saturated rings. The molecule has 0 aromatic heterocycles. The van der Waals surface area contributed by atoms with Gasteiger partial charge in [0.25, 0.3) is 0 Å². The molecule has 3 nitrogen and oxygen atoms in total. The van der Waals surface area contributed by atoms with Gasteiger partial charge in [-0.25, -0.2) is 0 Å². The van der Waals surface area contributed by atoms with E-state index < -0.39 is 0 Å². The number of rotatable bonds is 4. The fraction of sp³-hybridized carbons (Fsp3) is 0.967. The summed E-state index contributed by atoms with van der Waals surface area (Å²) in [5.74, 6) is 6.13. The molecule has 188 valence electrons. The standard InChI is InChI=1S/C30H51NO2/c1-20-13-17-31(18-14-20)28(33)10-5-21(2)25-8-9-26-24-7-6-22-19-23(32)11-15-29(22,3)27(24)12-16-30(25,26)4/h20-27,32H,5-19H2,1-4H3/t21?,22-,23-,24-,25+,26-,27-,29-,30+/m0/s1. The minimum absolute atomic E-state index is 0.0405. The van der Waals surface area contributed by atoms with Crippen molar-refractivity contribution in [2.45, 2.75) is 117 Å². The van der Waals surface area contributed by atoms with Crippen LogP contribution < -0.4 is 0 Å². The van der Waals surface area contributed by atoms with Crippen LogP contribution in [0.2, 0.25) is 0 Å². The van der Waals surface area contributed by atoms with Crippen LogP contribution in [0.1, 0.15) is 111 Å².